The number of aliphatic hydroxyl groups excluding tert-OH is 1. The molecule has 21 heavy (non-hydrogen) atoms. The number of carbonyl (C=O) groups excluding carboxylic acids is 1. The van der Waals surface area contributed by atoms with Crippen LogP contribution in [-0.4, -0.2) is 17.6 Å². The van der Waals surface area contributed by atoms with Gasteiger partial charge >= 0.3 is 0 Å². The Morgan fingerprint density at radius 1 is 1.24 bits per heavy atom. The minimum absolute atomic E-state index is 0.211. The van der Waals surface area contributed by atoms with E-state index in [1.165, 1.54) is 0 Å². The van der Waals surface area contributed by atoms with Crippen LogP contribution < -0.4 is 11.1 Å². The molecule has 1 atom stereocenters. The van der Waals surface area contributed by atoms with Gasteiger partial charge in [0.05, 0.1) is 28.4 Å². The first-order valence-electron chi connectivity index (χ1n) is 6.51. The zero-order valence-corrected chi connectivity index (χ0v) is 12.4. The Hall–Kier alpha value is -2.04. The summed E-state index contributed by atoms with van der Waals surface area (Å²) < 4.78 is 0. The molecule has 4 nitrogen and oxygen atoms in total. The number of nitrogens with two attached hydrogens (primary N) is 1. The number of nitrogen functional groups attached to an aromatic ring is 1. The molecule has 0 saturated heterocycles. The highest BCUT2D eigenvalue weighted by Gasteiger charge is 2.28. The number of anilines is 1. The zero-order chi connectivity index (χ0) is 15.5. The lowest BCUT2D eigenvalue weighted by molar-refractivity contribution is 0.0850. The maximum atomic E-state index is 12.4. The molecule has 0 aromatic heterocycles. The summed E-state index contributed by atoms with van der Waals surface area (Å²) in [5.41, 5.74) is 6.24. The molecule has 0 saturated carbocycles. The minimum Gasteiger partial charge on any atom is -0.398 e. The monoisotopic (exact) mass is 304 g/mol. The number of aliphatic hydroxyl groups is 1. The Bertz CT molecular complexity index is 646. The average Bonchev–Trinajstić information content (AvgIpc) is 2.50. The van der Waals surface area contributed by atoms with Crippen molar-refractivity contribution in [2.45, 2.75) is 12.5 Å². The molecule has 0 heterocycles. The topological polar surface area (TPSA) is 75.3 Å². The van der Waals surface area contributed by atoms with E-state index < -0.39 is 5.54 Å². The maximum Gasteiger partial charge on any atom is 0.253 e. The van der Waals surface area contributed by atoms with Crippen LogP contribution in [0.1, 0.15) is 22.8 Å². The summed E-state index contributed by atoms with van der Waals surface area (Å²) in [6.07, 6.45) is 0. The van der Waals surface area contributed by atoms with Crippen molar-refractivity contribution in [2.24, 2.45) is 0 Å². The lowest BCUT2D eigenvalue weighted by Crippen LogP contribution is -2.46. The Balaban J connectivity index is 2.30. The second kappa shape index (κ2) is 6.16. The molecule has 4 N–H and O–H groups in total. The molecule has 0 aliphatic rings. The van der Waals surface area contributed by atoms with Crippen molar-refractivity contribution in [3.63, 3.8) is 0 Å². The van der Waals surface area contributed by atoms with Gasteiger partial charge in [-0.05, 0) is 24.6 Å². The number of benzene rings is 2. The summed E-state index contributed by atoms with van der Waals surface area (Å²) in [7, 11) is 0. The molecule has 110 valence electrons. The van der Waals surface area contributed by atoms with Gasteiger partial charge in [-0.1, -0.05) is 48.0 Å². The lowest BCUT2D eigenvalue weighted by atomic mass is 9.92. The quantitative estimate of drug-likeness (QED) is 0.760. The Morgan fingerprint density at radius 2 is 1.90 bits per heavy atom. The van der Waals surface area contributed by atoms with E-state index in [4.69, 9.17) is 17.3 Å². The summed E-state index contributed by atoms with van der Waals surface area (Å²) in [5, 5.41) is 12.7. The summed E-state index contributed by atoms with van der Waals surface area (Å²) in [5.74, 6) is -0.382. The molecule has 5 heteroatoms. The van der Waals surface area contributed by atoms with Crippen molar-refractivity contribution in [2.75, 3.05) is 12.3 Å². The van der Waals surface area contributed by atoms with Gasteiger partial charge in [0.25, 0.3) is 5.91 Å². The van der Waals surface area contributed by atoms with Crippen LogP contribution in [-0.2, 0) is 5.54 Å². The van der Waals surface area contributed by atoms with Crippen molar-refractivity contribution in [3.05, 3.63) is 64.7 Å². The fourth-order valence-electron chi connectivity index (χ4n) is 2.05. The molecule has 1 unspecified atom stereocenters. The number of halogens is 1. The number of nitrogens with one attached hydrogen (secondary N) is 1. The number of hydrogen-bond acceptors (Lipinski definition) is 3. The van der Waals surface area contributed by atoms with Crippen molar-refractivity contribution in [1.82, 2.24) is 5.32 Å². The van der Waals surface area contributed by atoms with Gasteiger partial charge in [0.2, 0.25) is 0 Å². The van der Waals surface area contributed by atoms with Gasteiger partial charge in [0, 0.05) is 0 Å². The minimum atomic E-state index is -0.897. The SMILES string of the molecule is CC(CO)(NC(=O)c1cccc(N)c1Cl)c1ccccc1. The van der Waals surface area contributed by atoms with Gasteiger partial charge in [0.15, 0.2) is 0 Å². The summed E-state index contributed by atoms with van der Waals surface area (Å²) in [4.78, 5) is 12.4. The molecular weight excluding hydrogens is 288 g/mol. The molecule has 1 amide bonds. The summed E-state index contributed by atoms with van der Waals surface area (Å²) in [6.45, 7) is 1.52. The van der Waals surface area contributed by atoms with E-state index in [1.54, 1.807) is 25.1 Å². The van der Waals surface area contributed by atoms with Gasteiger partial charge in [-0.3, -0.25) is 4.79 Å². The van der Waals surface area contributed by atoms with Crippen molar-refractivity contribution in [3.8, 4) is 0 Å². The highest BCUT2D eigenvalue weighted by Crippen LogP contribution is 2.25. The Morgan fingerprint density at radius 3 is 2.52 bits per heavy atom. The van der Waals surface area contributed by atoms with Gasteiger partial charge in [-0.2, -0.15) is 0 Å². The second-order valence-corrected chi connectivity index (χ2v) is 5.40. The second-order valence-electron chi connectivity index (χ2n) is 5.02. The van der Waals surface area contributed by atoms with E-state index in [1.807, 2.05) is 30.3 Å². The smallest absolute Gasteiger partial charge is 0.253 e. The number of rotatable bonds is 4. The van der Waals surface area contributed by atoms with Crippen molar-refractivity contribution < 1.29 is 9.90 Å². The van der Waals surface area contributed by atoms with E-state index in [0.717, 1.165) is 5.56 Å². The normalized spacial score (nSPS) is 13.5. The van der Waals surface area contributed by atoms with Crippen LogP contribution in [0.15, 0.2) is 48.5 Å². The Kier molecular flexibility index (Phi) is 4.50. The predicted molar refractivity (Wildman–Crippen MR) is 84.2 cm³/mol. The molecule has 0 aliphatic heterocycles. The first-order valence-corrected chi connectivity index (χ1v) is 6.88. The maximum absolute atomic E-state index is 12.4. The molecule has 0 fully saturated rings. The van der Waals surface area contributed by atoms with Crippen LogP contribution in [0.4, 0.5) is 5.69 Å². The molecule has 2 aromatic carbocycles. The van der Waals surface area contributed by atoms with E-state index in [2.05, 4.69) is 5.32 Å². The van der Waals surface area contributed by atoms with E-state index in [0.29, 0.717) is 5.69 Å². The number of carbonyl (C=O) groups is 1. The first-order chi connectivity index (χ1) is 9.98. The summed E-state index contributed by atoms with van der Waals surface area (Å²) in [6, 6.07) is 14.1. The fraction of sp³-hybridized carbons (Fsp3) is 0.188. The third-order valence-corrected chi connectivity index (χ3v) is 3.81. The van der Waals surface area contributed by atoms with Crippen LogP contribution in [0.5, 0.6) is 0 Å². The zero-order valence-electron chi connectivity index (χ0n) is 11.6. The lowest BCUT2D eigenvalue weighted by Gasteiger charge is -2.29. The molecule has 0 spiro atoms. The van der Waals surface area contributed by atoms with Gasteiger partial charge in [-0.25, -0.2) is 0 Å². The molecule has 0 radical (unpaired) electrons. The third-order valence-electron chi connectivity index (χ3n) is 3.39. The van der Waals surface area contributed by atoms with Crippen molar-refractivity contribution in [1.29, 1.82) is 0 Å². The van der Waals surface area contributed by atoms with Crippen molar-refractivity contribution >= 4 is 23.2 Å². The van der Waals surface area contributed by atoms with Gasteiger partial charge < -0.3 is 16.2 Å². The Labute approximate surface area is 128 Å². The van der Waals surface area contributed by atoms with Crippen LogP contribution in [0.25, 0.3) is 0 Å². The fourth-order valence-corrected chi connectivity index (χ4v) is 2.26. The van der Waals surface area contributed by atoms with Gasteiger partial charge in [0.1, 0.15) is 0 Å². The largest absolute Gasteiger partial charge is 0.398 e. The highest BCUT2D eigenvalue weighted by atomic mass is 35.5. The van der Waals surface area contributed by atoms with Crippen LogP contribution in [0.2, 0.25) is 5.02 Å². The molecular formula is C16H17ClN2O2. The van der Waals surface area contributed by atoms with E-state index >= 15 is 0 Å². The van der Waals surface area contributed by atoms with Gasteiger partial charge in [-0.15, -0.1) is 0 Å². The molecule has 0 aliphatic carbocycles. The van der Waals surface area contributed by atoms with E-state index in [9.17, 15) is 9.90 Å². The van der Waals surface area contributed by atoms with E-state index in [-0.39, 0.29) is 23.1 Å². The number of amides is 1. The molecule has 2 aromatic rings. The summed E-state index contributed by atoms with van der Waals surface area (Å²) >= 11 is 6.06. The molecule has 0 bridgehead atoms. The average molecular weight is 305 g/mol. The van der Waals surface area contributed by atoms with Crippen LogP contribution in [0, 0.1) is 0 Å². The highest BCUT2D eigenvalue weighted by molar-refractivity contribution is 6.36. The standard InChI is InChI=1S/C16H17ClN2O2/c1-16(10-20,11-6-3-2-4-7-11)19-15(21)12-8-5-9-13(18)14(12)17/h2-9,20H,10,18H2,1H3,(H,19,21). The first kappa shape index (κ1) is 15.4. The third kappa shape index (κ3) is 3.17. The van der Waals surface area contributed by atoms with Crippen LogP contribution >= 0.6 is 11.6 Å². The predicted octanol–water partition coefficient (Wildman–Crippen LogP) is 2.56. The number of hydrogen-bond donors (Lipinski definition) is 3. The molecule has 2 rings (SSSR count). The van der Waals surface area contributed by atoms with Crippen LogP contribution in [0.3, 0.4) is 0 Å².